The lowest BCUT2D eigenvalue weighted by molar-refractivity contribution is 0.0523. The zero-order valence-electron chi connectivity index (χ0n) is 14.3. The molecule has 0 atom stereocenters. The van der Waals surface area contributed by atoms with Gasteiger partial charge in [-0.2, -0.15) is 0 Å². The highest BCUT2D eigenvalue weighted by atomic mass is 16.6. The van der Waals surface area contributed by atoms with Crippen LogP contribution in [0.3, 0.4) is 0 Å². The number of alkyl carbamates (subject to hydrolysis) is 1. The van der Waals surface area contributed by atoms with Crippen molar-refractivity contribution in [2.75, 3.05) is 6.61 Å². The monoisotopic (exact) mass is 323 g/mol. The molecular weight excluding hydrogens is 298 g/mol. The van der Waals surface area contributed by atoms with Gasteiger partial charge in [-0.1, -0.05) is 19.9 Å². The molecule has 1 rings (SSSR count). The van der Waals surface area contributed by atoms with Crippen molar-refractivity contribution in [3.05, 3.63) is 29.3 Å². The fraction of sp³-hybridized carbons (Fsp3) is 0.529. The van der Waals surface area contributed by atoms with Crippen LogP contribution in [0.1, 0.15) is 50.5 Å². The van der Waals surface area contributed by atoms with Crippen molar-refractivity contribution in [1.29, 1.82) is 0 Å². The Balaban J connectivity index is 2.76. The molecule has 0 radical (unpaired) electrons. The summed E-state index contributed by atoms with van der Waals surface area (Å²) in [6.45, 7) is 9.91. The second-order valence-electron chi connectivity index (χ2n) is 6.70. The highest BCUT2D eigenvalue weighted by Gasteiger charge is 2.17. The number of hydrogen-bond donors (Lipinski definition) is 2. The average Bonchev–Trinajstić information content (AvgIpc) is 2.41. The first kappa shape index (κ1) is 18.8. The van der Waals surface area contributed by atoms with Crippen LogP contribution in [0.5, 0.6) is 5.75 Å². The second kappa shape index (κ2) is 7.85. The molecule has 128 valence electrons. The van der Waals surface area contributed by atoms with E-state index in [0.717, 1.165) is 0 Å². The van der Waals surface area contributed by atoms with Crippen LogP contribution in [-0.2, 0) is 11.3 Å². The number of ether oxygens (including phenoxy) is 2. The fourth-order valence-corrected chi connectivity index (χ4v) is 1.72. The van der Waals surface area contributed by atoms with Gasteiger partial charge in [-0.05, 0) is 44.4 Å². The van der Waals surface area contributed by atoms with Gasteiger partial charge in [0.05, 0.1) is 6.61 Å². The molecule has 0 aliphatic rings. The SMILES string of the molecule is CC(C)COc1ccc(CNC(=O)OC(C)(C)C)cc1C(=O)O. The van der Waals surface area contributed by atoms with Crippen molar-refractivity contribution in [2.45, 2.75) is 46.8 Å². The van der Waals surface area contributed by atoms with E-state index in [1.807, 2.05) is 13.8 Å². The van der Waals surface area contributed by atoms with Crippen LogP contribution in [0.2, 0.25) is 0 Å². The van der Waals surface area contributed by atoms with E-state index in [1.54, 1.807) is 32.9 Å². The number of carbonyl (C=O) groups is 2. The molecule has 0 saturated heterocycles. The third-order valence-corrected chi connectivity index (χ3v) is 2.68. The number of benzene rings is 1. The van der Waals surface area contributed by atoms with E-state index in [0.29, 0.717) is 23.8 Å². The van der Waals surface area contributed by atoms with Gasteiger partial charge in [-0.15, -0.1) is 0 Å². The van der Waals surface area contributed by atoms with E-state index in [4.69, 9.17) is 9.47 Å². The quantitative estimate of drug-likeness (QED) is 0.837. The van der Waals surface area contributed by atoms with Crippen molar-refractivity contribution in [3.63, 3.8) is 0 Å². The summed E-state index contributed by atoms with van der Waals surface area (Å²) in [4.78, 5) is 23.0. The van der Waals surface area contributed by atoms with Crippen LogP contribution in [0.4, 0.5) is 4.79 Å². The molecule has 0 fully saturated rings. The van der Waals surface area contributed by atoms with E-state index < -0.39 is 17.7 Å². The lowest BCUT2D eigenvalue weighted by Gasteiger charge is -2.19. The minimum atomic E-state index is -1.07. The van der Waals surface area contributed by atoms with Crippen molar-refractivity contribution >= 4 is 12.1 Å². The third kappa shape index (κ3) is 7.04. The summed E-state index contributed by atoms with van der Waals surface area (Å²) in [7, 11) is 0. The van der Waals surface area contributed by atoms with Crippen molar-refractivity contribution in [1.82, 2.24) is 5.32 Å². The van der Waals surface area contributed by atoms with E-state index in [2.05, 4.69) is 5.32 Å². The van der Waals surface area contributed by atoms with E-state index in [9.17, 15) is 14.7 Å². The molecule has 1 amide bonds. The summed E-state index contributed by atoms with van der Waals surface area (Å²) < 4.78 is 10.6. The zero-order chi connectivity index (χ0) is 17.6. The molecule has 2 N–H and O–H groups in total. The molecule has 0 aromatic heterocycles. The van der Waals surface area contributed by atoms with Gasteiger partial charge < -0.3 is 19.9 Å². The lowest BCUT2D eigenvalue weighted by Crippen LogP contribution is -2.32. The maximum Gasteiger partial charge on any atom is 0.407 e. The predicted molar refractivity (Wildman–Crippen MR) is 86.8 cm³/mol. The Morgan fingerprint density at radius 3 is 2.43 bits per heavy atom. The first-order chi connectivity index (χ1) is 10.6. The van der Waals surface area contributed by atoms with E-state index in [1.165, 1.54) is 6.07 Å². The van der Waals surface area contributed by atoms with Crippen LogP contribution in [0.25, 0.3) is 0 Å². The maximum atomic E-state index is 11.6. The molecule has 1 aromatic carbocycles. The summed E-state index contributed by atoms with van der Waals surface area (Å²) in [6.07, 6.45) is -0.547. The number of aromatic carboxylic acids is 1. The van der Waals surface area contributed by atoms with Gasteiger partial charge in [-0.3, -0.25) is 0 Å². The van der Waals surface area contributed by atoms with Gasteiger partial charge in [0, 0.05) is 6.54 Å². The number of hydrogen-bond acceptors (Lipinski definition) is 4. The summed E-state index contributed by atoms with van der Waals surface area (Å²) in [5.41, 5.74) is 0.157. The van der Waals surface area contributed by atoms with Crippen molar-refractivity contribution in [2.24, 2.45) is 5.92 Å². The highest BCUT2D eigenvalue weighted by Crippen LogP contribution is 2.21. The molecule has 0 aliphatic heterocycles. The zero-order valence-corrected chi connectivity index (χ0v) is 14.3. The summed E-state index contributed by atoms with van der Waals surface area (Å²) in [6, 6.07) is 4.83. The predicted octanol–water partition coefficient (Wildman–Crippen LogP) is 3.44. The smallest absolute Gasteiger partial charge is 0.407 e. The van der Waals surface area contributed by atoms with Gasteiger partial charge in [0.15, 0.2) is 0 Å². The number of rotatable bonds is 6. The molecule has 0 spiro atoms. The molecule has 0 heterocycles. The molecule has 1 aromatic rings. The Labute approximate surface area is 136 Å². The van der Waals surface area contributed by atoms with Crippen LogP contribution in [-0.4, -0.2) is 29.4 Å². The van der Waals surface area contributed by atoms with Gasteiger partial charge in [0.25, 0.3) is 0 Å². The van der Waals surface area contributed by atoms with Gasteiger partial charge in [0.1, 0.15) is 16.9 Å². The van der Waals surface area contributed by atoms with Gasteiger partial charge in [0.2, 0.25) is 0 Å². The first-order valence-corrected chi connectivity index (χ1v) is 7.54. The fourth-order valence-electron chi connectivity index (χ4n) is 1.72. The summed E-state index contributed by atoms with van der Waals surface area (Å²) in [5, 5.41) is 11.9. The number of carboxylic acids is 1. The molecule has 6 heteroatoms. The van der Waals surface area contributed by atoms with Crippen molar-refractivity contribution in [3.8, 4) is 5.75 Å². The lowest BCUT2D eigenvalue weighted by atomic mass is 10.1. The van der Waals surface area contributed by atoms with E-state index in [-0.39, 0.29) is 12.1 Å². The highest BCUT2D eigenvalue weighted by molar-refractivity contribution is 5.91. The Kier molecular flexibility index (Phi) is 6.42. The second-order valence-corrected chi connectivity index (χ2v) is 6.70. The molecule has 0 aliphatic carbocycles. The Morgan fingerprint density at radius 2 is 1.91 bits per heavy atom. The molecule has 6 nitrogen and oxygen atoms in total. The normalized spacial score (nSPS) is 11.2. The minimum Gasteiger partial charge on any atom is -0.492 e. The summed E-state index contributed by atoms with van der Waals surface area (Å²) in [5.74, 6) is -0.444. The number of carbonyl (C=O) groups excluding carboxylic acids is 1. The Bertz CT molecular complexity index is 561. The Morgan fingerprint density at radius 1 is 1.26 bits per heavy atom. The number of nitrogens with one attached hydrogen (secondary N) is 1. The van der Waals surface area contributed by atoms with Crippen molar-refractivity contribution < 1.29 is 24.2 Å². The third-order valence-electron chi connectivity index (χ3n) is 2.68. The largest absolute Gasteiger partial charge is 0.492 e. The van der Waals surface area contributed by atoms with Crippen LogP contribution < -0.4 is 10.1 Å². The molecule has 0 unspecified atom stereocenters. The standard InChI is InChI=1S/C17H25NO5/c1-11(2)10-22-14-7-6-12(8-13(14)15(19)20)9-18-16(21)23-17(3,4)5/h6-8,11H,9-10H2,1-5H3,(H,18,21)(H,19,20). The van der Waals surface area contributed by atoms with Crippen LogP contribution in [0.15, 0.2) is 18.2 Å². The molecule has 0 bridgehead atoms. The maximum absolute atomic E-state index is 11.6. The van der Waals surface area contributed by atoms with E-state index >= 15 is 0 Å². The van der Waals surface area contributed by atoms with Gasteiger partial charge >= 0.3 is 12.1 Å². The van der Waals surface area contributed by atoms with Crippen LogP contribution >= 0.6 is 0 Å². The minimum absolute atomic E-state index is 0.0779. The molecular formula is C17H25NO5. The van der Waals surface area contributed by atoms with Crippen LogP contribution in [0, 0.1) is 5.92 Å². The molecule has 0 saturated carbocycles. The first-order valence-electron chi connectivity index (χ1n) is 7.54. The average molecular weight is 323 g/mol. The topological polar surface area (TPSA) is 84.9 Å². The Hall–Kier alpha value is -2.24. The van der Waals surface area contributed by atoms with Gasteiger partial charge in [-0.25, -0.2) is 9.59 Å². The number of amides is 1. The number of carboxylic acid groups (broad SMARTS) is 1. The summed E-state index contributed by atoms with van der Waals surface area (Å²) >= 11 is 0. The molecule has 23 heavy (non-hydrogen) atoms.